The maximum Gasteiger partial charge on any atom is 0.408 e. The number of methoxy groups -OCH3 is 1. The molecule has 0 aromatic carbocycles. The number of amides is 2. The summed E-state index contributed by atoms with van der Waals surface area (Å²) in [4.78, 5) is 35.0. The fourth-order valence-corrected chi connectivity index (χ4v) is 1.72. The lowest BCUT2D eigenvalue weighted by Gasteiger charge is -2.19. The normalized spacial score (nSPS) is 12.5. The lowest BCUT2D eigenvalue weighted by Crippen LogP contribution is -2.42. The van der Waals surface area contributed by atoms with Crippen LogP contribution < -0.4 is 10.6 Å². The zero-order valence-corrected chi connectivity index (χ0v) is 15.0. The second kappa shape index (κ2) is 10.1. The van der Waals surface area contributed by atoms with Gasteiger partial charge in [0.05, 0.1) is 13.2 Å². The first-order chi connectivity index (χ1) is 10.6. The zero-order chi connectivity index (χ0) is 18.0. The van der Waals surface area contributed by atoms with Crippen molar-refractivity contribution in [3.63, 3.8) is 0 Å². The largest absolute Gasteiger partial charge is 0.467 e. The topological polar surface area (TPSA) is 93.7 Å². The minimum absolute atomic E-state index is 0.0133. The van der Waals surface area contributed by atoms with Gasteiger partial charge in [0, 0.05) is 12.0 Å². The highest BCUT2D eigenvalue weighted by Crippen LogP contribution is 2.12. The van der Waals surface area contributed by atoms with E-state index in [9.17, 15) is 14.4 Å². The van der Waals surface area contributed by atoms with E-state index < -0.39 is 23.5 Å². The standard InChI is InChI=1S/C16H30N2O5/c1-11(2)23-15(21)18-12(13(19)22-6)9-7-8-10-17-14(20)16(3,4)5/h11-12H,7-10H2,1-6H3,(H,17,20)(H,18,21)/t12-/m0/s1. The van der Waals surface area contributed by atoms with E-state index in [1.807, 2.05) is 20.8 Å². The third-order valence-electron chi connectivity index (χ3n) is 3.01. The summed E-state index contributed by atoms with van der Waals surface area (Å²) >= 11 is 0. The molecule has 0 aliphatic rings. The third-order valence-corrected chi connectivity index (χ3v) is 3.01. The van der Waals surface area contributed by atoms with E-state index in [1.165, 1.54) is 7.11 Å². The Hall–Kier alpha value is -1.79. The Morgan fingerprint density at radius 2 is 1.70 bits per heavy atom. The highest BCUT2D eigenvalue weighted by atomic mass is 16.6. The number of alkyl carbamates (subject to hydrolysis) is 1. The molecule has 1 atom stereocenters. The molecule has 2 amide bonds. The van der Waals surface area contributed by atoms with E-state index in [4.69, 9.17) is 4.74 Å². The minimum atomic E-state index is -0.746. The summed E-state index contributed by atoms with van der Waals surface area (Å²) in [7, 11) is 1.27. The van der Waals surface area contributed by atoms with Crippen molar-refractivity contribution in [2.75, 3.05) is 13.7 Å². The zero-order valence-electron chi connectivity index (χ0n) is 15.0. The van der Waals surface area contributed by atoms with Gasteiger partial charge in [-0.25, -0.2) is 9.59 Å². The number of nitrogens with one attached hydrogen (secondary N) is 2. The summed E-state index contributed by atoms with van der Waals surface area (Å²) in [6.07, 6.45) is 0.880. The lowest BCUT2D eigenvalue weighted by atomic mass is 9.95. The van der Waals surface area contributed by atoms with Crippen LogP contribution in [-0.4, -0.2) is 43.8 Å². The van der Waals surface area contributed by atoms with E-state index in [2.05, 4.69) is 15.4 Å². The molecule has 134 valence electrons. The van der Waals surface area contributed by atoms with Crippen LogP contribution in [0.1, 0.15) is 53.9 Å². The summed E-state index contributed by atoms with van der Waals surface area (Å²) < 4.78 is 9.64. The van der Waals surface area contributed by atoms with Gasteiger partial charge in [-0.3, -0.25) is 4.79 Å². The molecule has 2 N–H and O–H groups in total. The van der Waals surface area contributed by atoms with Crippen LogP contribution in [0.3, 0.4) is 0 Å². The average molecular weight is 330 g/mol. The predicted molar refractivity (Wildman–Crippen MR) is 86.9 cm³/mol. The Bertz CT molecular complexity index is 402. The molecule has 0 aromatic heterocycles. The van der Waals surface area contributed by atoms with Gasteiger partial charge in [0.1, 0.15) is 6.04 Å². The van der Waals surface area contributed by atoms with Crippen molar-refractivity contribution in [1.29, 1.82) is 0 Å². The van der Waals surface area contributed by atoms with E-state index in [1.54, 1.807) is 13.8 Å². The van der Waals surface area contributed by atoms with Crippen LogP contribution in [-0.2, 0) is 19.1 Å². The molecule has 0 radical (unpaired) electrons. The maximum atomic E-state index is 11.7. The Labute approximate surface area is 138 Å². The molecule has 0 aromatic rings. The summed E-state index contributed by atoms with van der Waals surface area (Å²) in [5.41, 5.74) is -0.420. The first-order valence-corrected chi connectivity index (χ1v) is 7.91. The first kappa shape index (κ1) is 21.2. The summed E-state index contributed by atoms with van der Waals surface area (Å²) in [5.74, 6) is -0.523. The summed E-state index contributed by atoms with van der Waals surface area (Å²) in [5, 5.41) is 5.34. The van der Waals surface area contributed by atoms with Gasteiger partial charge < -0.3 is 20.1 Å². The van der Waals surface area contributed by atoms with Crippen LogP contribution in [0.2, 0.25) is 0 Å². The second-order valence-electron chi connectivity index (χ2n) is 6.68. The van der Waals surface area contributed by atoms with E-state index in [0.29, 0.717) is 25.8 Å². The molecular weight excluding hydrogens is 300 g/mol. The van der Waals surface area contributed by atoms with E-state index in [0.717, 1.165) is 0 Å². The quantitative estimate of drug-likeness (QED) is 0.524. The van der Waals surface area contributed by atoms with Gasteiger partial charge >= 0.3 is 12.1 Å². The summed E-state index contributed by atoms with van der Waals surface area (Å²) in [6, 6.07) is -0.746. The number of hydrogen-bond donors (Lipinski definition) is 2. The summed E-state index contributed by atoms with van der Waals surface area (Å²) in [6.45, 7) is 9.52. The van der Waals surface area contributed by atoms with E-state index >= 15 is 0 Å². The molecule has 0 aliphatic carbocycles. The van der Waals surface area contributed by atoms with Crippen molar-refractivity contribution >= 4 is 18.0 Å². The van der Waals surface area contributed by atoms with Crippen LogP contribution in [0.25, 0.3) is 0 Å². The molecule has 0 heterocycles. The van der Waals surface area contributed by atoms with Gasteiger partial charge in [-0.15, -0.1) is 0 Å². The van der Waals surface area contributed by atoms with Crippen molar-refractivity contribution in [3.05, 3.63) is 0 Å². The molecule has 0 aliphatic heterocycles. The number of carbonyl (C=O) groups is 3. The molecule has 0 bridgehead atoms. The monoisotopic (exact) mass is 330 g/mol. The molecule has 0 unspecified atom stereocenters. The van der Waals surface area contributed by atoms with Crippen molar-refractivity contribution in [2.45, 2.75) is 66.0 Å². The van der Waals surface area contributed by atoms with Crippen molar-refractivity contribution in [1.82, 2.24) is 10.6 Å². The molecule has 7 heteroatoms. The van der Waals surface area contributed by atoms with E-state index in [-0.39, 0.29) is 12.0 Å². The number of ether oxygens (including phenoxy) is 2. The van der Waals surface area contributed by atoms with Gasteiger partial charge in [0.25, 0.3) is 0 Å². The number of esters is 1. The molecular formula is C16H30N2O5. The number of carbonyl (C=O) groups excluding carboxylic acids is 3. The predicted octanol–water partition coefficient (Wildman–Crippen LogP) is 2.00. The highest BCUT2D eigenvalue weighted by Gasteiger charge is 2.23. The molecule has 0 fully saturated rings. The van der Waals surface area contributed by atoms with Gasteiger partial charge in [-0.2, -0.15) is 0 Å². The average Bonchev–Trinajstić information content (AvgIpc) is 2.42. The smallest absolute Gasteiger partial charge is 0.408 e. The molecule has 23 heavy (non-hydrogen) atoms. The number of hydrogen-bond acceptors (Lipinski definition) is 5. The van der Waals surface area contributed by atoms with Crippen LogP contribution >= 0.6 is 0 Å². The molecule has 0 saturated carbocycles. The number of unbranched alkanes of at least 4 members (excludes halogenated alkanes) is 1. The third kappa shape index (κ3) is 9.76. The fourth-order valence-electron chi connectivity index (χ4n) is 1.72. The van der Waals surface area contributed by atoms with Gasteiger partial charge in [0.15, 0.2) is 0 Å². The Kier molecular flexibility index (Phi) is 9.29. The Morgan fingerprint density at radius 3 is 2.17 bits per heavy atom. The Balaban J connectivity index is 4.19. The second-order valence-corrected chi connectivity index (χ2v) is 6.68. The van der Waals surface area contributed by atoms with Crippen molar-refractivity contribution in [2.24, 2.45) is 5.41 Å². The van der Waals surface area contributed by atoms with Gasteiger partial charge in [0.2, 0.25) is 5.91 Å². The lowest BCUT2D eigenvalue weighted by molar-refractivity contribution is -0.143. The van der Waals surface area contributed by atoms with Crippen LogP contribution in [0.4, 0.5) is 4.79 Å². The maximum absolute atomic E-state index is 11.7. The van der Waals surface area contributed by atoms with Gasteiger partial charge in [-0.05, 0) is 33.1 Å². The first-order valence-electron chi connectivity index (χ1n) is 7.91. The van der Waals surface area contributed by atoms with Crippen molar-refractivity contribution in [3.8, 4) is 0 Å². The SMILES string of the molecule is COC(=O)[C@H](CCCCNC(=O)C(C)(C)C)NC(=O)OC(C)C. The highest BCUT2D eigenvalue weighted by molar-refractivity contribution is 5.81. The Morgan fingerprint density at radius 1 is 1.09 bits per heavy atom. The molecule has 7 nitrogen and oxygen atoms in total. The van der Waals surface area contributed by atoms with Crippen LogP contribution in [0.15, 0.2) is 0 Å². The molecule has 0 rings (SSSR count). The molecule has 0 saturated heterocycles. The van der Waals surface area contributed by atoms with Gasteiger partial charge in [-0.1, -0.05) is 20.8 Å². The van der Waals surface area contributed by atoms with Crippen LogP contribution in [0, 0.1) is 5.41 Å². The van der Waals surface area contributed by atoms with Crippen molar-refractivity contribution < 1.29 is 23.9 Å². The fraction of sp³-hybridized carbons (Fsp3) is 0.812. The van der Waals surface area contributed by atoms with Crippen LogP contribution in [0.5, 0.6) is 0 Å². The number of rotatable bonds is 8. The minimum Gasteiger partial charge on any atom is -0.467 e. The molecule has 0 spiro atoms.